The molecule has 3 unspecified atom stereocenters. The van der Waals surface area contributed by atoms with E-state index in [-0.39, 0.29) is 22.5 Å². The number of carbonyl (C=O) groups excluding carboxylic acids is 1. The van der Waals surface area contributed by atoms with Crippen molar-refractivity contribution in [2.45, 2.75) is 23.8 Å². The van der Waals surface area contributed by atoms with Crippen molar-refractivity contribution >= 4 is 37.2 Å². The van der Waals surface area contributed by atoms with E-state index < -0.39 is 9.84 Å². The number of carbonyl (C=O) groups is 1. The maximum atomic E-state index is 12.5. The lowest BCUT2D eigenvalue weighted by molar-refractivity contribution is 0.0904. The molecule has 2 aromatic heterocycles. The van der Waals surface area contributed by atoms with Crippen LogP contribution < -0.4 is 5.32 Å². The molecule has 0 aromatic carbocycles. The summed E-state index contributed by atoms with van der Waals surface area (Å²) >= 11 is 1.33. The van der Waals surface area contributed by atoms with Gasteiger partial charge in [0, 0.05) is 42.4 Å². The zero-order valence-electron chi connectivity index (χ0n) is 13.4. The first-order valence-corrected chi connectivity index (χ1v) is 10.8. The minimum absolute atomic E-state index is 0.146. The number of rotatable bonds is 3. The van der Waals surface area contributed by atoms with Gasteiger partial charge < -0.3 is 10.2 Å². The lowest BCUT2D eigenvalue weighted by atomic mass is 9.97. The molecule has 128 valence electrons. The van der Waals surface area contributed by atoms with Gasteiger partial charge in [0.25, 0.3) is 5.91 Å². The Morgan fingerprint density at radius 1 is 1.42 bits per heavy atom. The van der Waals surface area contributed by atoms with Crippen molar-refractivity contribution < 1.29 is 13.2 Å². The Hall–Kier alpha value is -1.51. The van der Waals surface area contributed by atoms with E-state index in [0.29, 0.717) is 11.3 Å². The van der Waals surface area contributed by atoms with Crippen molar-refractivity contribution in [3.8, 4) is 0 Å². The number of fused-ring (bicyclic) bond motifs is 3. The lowest BCUT2D eigenvalue weighted by Gasteiger charge is -2.30. The molecular formula is C16H19N3O3S2. The molecule has 2 fully saturated rings. The average Bonchev–Trinajstić information content (AvgIpc) is 3.09. The second-order valence-corrected chi connectivity index (χ2v) is 9.65. The van der Waals surface area contributed by atoms with E-state index in [0.717, 1.165) is 30.8 Å². The fourth-order valence-corrected chi connectivity index (χ4v) is 5.99. The molecule has 2 aliphatic rings. The van der Waals surface area contributed by atoms with E-state index in [1.807, 2.05) is 0 Å². The van der Waals surface area contributed by atoms with Crippen molar-refractivity contribution in [1.29, 1.82) is 0 Å². The summed E-state index contributed by atoms with van der Waals surface area (Å²) in [6.45, 7) is 3.15. The molecule has 1 N–H and O–H groups in total. The summed E-state index contributed by atoms with van der Waals surface area (Å²) in [5, 5.41) is 5.25. The Balaban J connectivity index is 1.58. The van der Waals surface area contributed by atoms with Gasteiger partial charge in [-0.3, -0.25) is 4.79 Å². The standard InChI is InChI=1S/C16H19N3O3S2/c1-24(21,22)15-9-23-14-6-17-13(5-12(14)15)16(20)18-11-4-10-2-3-19(7-10)8-11/h5-6,9-11H,2-4,7-8H2,1H3,(H,18,20). The number of sulfone groups is 1. The highest BCUT2D eigenvalue weighted by atomic mass is 32.2. The van der Waals surface area contributed by atoms with Gasteiger partial charge in [-0.15, -0.1) is 11.3 Å². The number of pyridine rings is 1. The molecule has 6 nitrogen and oxygen atoms in total. The first kappa shape index (κ1) is 16.0. The Labute approximate surface area is 144 Å². The van der Waals surface area contributed by atoms with Gasteiger partial charge in [0.05, 0.1) is 9.60 Å². The van der Waals surface area contributed by atoms with Gasteiger partial charge >= 0.3 is 0 Å². The number of thiophene rings is 1. The number of piperidine rings is 1. The maximum absolute atomic E-state index is 12.5. The summed E-state index contributed by atoms with van der Waals surface area (Å²) in [6, 6.07) is 1.74. The quantitative estimate of drug-likeness (QED) is 0.892. The van der Waals surface area contributed by atoms with E-state index in [1.165, 1.54) is 24.0 Å². The van der Waals surface area contributed by atoms with E-state index in [1.54, 1.807) is 17.6 Å². The molecule has 2 saturated heterocycles. The average molecular weight is 365 g/mol. The van der Waals surface area contributed by atoms with Crippen LogP contribution in [0.4, 0.5) is 0 Å². The molecule has 0 radical (unpaired) electrons. The summed E-state index contributed by atoms with van der Waals surface area (Å²) in [4.78, 5) is 19.4. The minimum atomic E-state index is -3.32. The smallest absolute Gasteiger partial charge is 0.270 e. The van der Waals surface area contributed by atoms with Gasteiger partial charge in [0.15, 0.2) is 9.84 Å². The van der Waals surface area contributed by atoms with Crippen LogP contribution in [-0.4, -0.2) is 56.1 Å². The van der Waals surface area contributed by atoms with Crippen LogP contribution in [0.1, 0.15) is 23.3 Å². The summed E-state index contributed by atoms with van der Waals surface area (Å²) in [5.41, 5.74) is 0.277. The molecule has 2 aromatic rings. The van der Waals surface area contributed by atoms with Gasteiger partial charge in [0.1, 0.15) is 5.69 Å². The third-order valence-electron chi connectivity index (χ3n) is 4.86. The van der Waals surface area contributed by atoms with Crippen molar-refractivity contribution in [3.63, 3.8) is 0 Å². The number of hydrogen-bond acceptors (Lipinski definition) is 6. The molecule has 8 heteroatoms. The first-order valence-electron chi connectivity index (χ1n) is 8.00. The van der Waals surface area contributed by atoms with Gasteiger partial charge in [0.2, 0.25) is 0 Å². The highest BCUT2D eigenvalue weighted by Gasteiger charge is 2.33. The van der Waals surface area contributed by atoms with Crippen molar-refractivity contribution in [1.82, 2.24) is 15.2 Å². The topological polar surface area (TPSA) is 79.4 Å². The Morgan fingerprint density at radius 2 is 2.25 bits per heavy atom. The van der Waals surface area contributed by atoms with Crippen LogP contribution in [0.3, 0.4) is 0 Å². The number of nitrogens with one attached hydrogen (secondary N) is 1. The largest absolute Gasteiger partial charge is 0.347 e. The fourth-order valence-electron chi connectivity index (χ4n) is 3.74. The summed E-state index contributed by atoms with van der Waals surface area (Å²) in [5.74, 6) is 0.447. The SMILES string of the molecule is CS(=O)(=O)c1csc2cnc(C(=O)NC3CC4CCN(C4)C3)cc12. The molecule has 0 aliphatic carbocycles. The zero-order valence-corrected chi connectivity index (χ0v) is 15.0. The van der Waals surface area contributed by atoms with Crippen LogP contribution in [0.5, 0.6) is 0 Å². The molecule has 2 aliphatic heterocycles. The summed E-state index contributed by atoms with van der Waals surface area (Å²) in [7, 11) is -3.32. The highest BCUT2D eigenvalue weighted by Crippen LogP contribution is 2.30. The van der Waals surface area contributed by atoms with Crippen molar-refractivity contribution in [2.75, 3.05) is 25.9 Å². The Bertz CT molecular complexity index is 894. The van der Waals surface area contributed by atoms with Gasteiger partial charge in [-0.2, -0.15) is 0 Å². The van der Waals surface area contributed by atoms with Crippen molar-refractivity contribution in [3.05, 3.63) is 23.3 Å². The predicted molar refractivity (Wildman–Crippen MR) is 93.1 cm³/mol. The van der Waals surface area contributed by atoms with Gasteiger partial charge in [-0.1, -0.05) is 0 Å². The second kappa shape index (κ2) is 5.79. The minimum Gasteiger partial charge on any atom is -0.347 e. The molecule has 3 atom stereocenters. The Kier molecular flexibility index (Phi) is 3.85. The molecule has 0 saturated carbocycles. The zero-order chi connectivity index (χ0) is 16.9. The fraction of sp³-hybridized carbons (Fsp3) is 0.500. The maximum Gasteiger partial charge on any atom is 0.270 e. The molecule has 2 bridgehead atoms. The van der Waals surface area contributed by atoms with Gasteiger partial charge in [-0.25, -0.2) is 13.4 Å². The molecule has 4 heterocycles. The molecular weight excluding hydrogens is 346 g/mol. The molecule has 24 heavy (non-hydrogen) atoms. The molecule has 0 spiro atoms. The number of amides is 1. The first-order chi connectivity index (χ1) is 11.4. The van der Waals surface area contributed by atoms with E-state index in [4.69, 9.17) is 0 Å². The number of hydrogen-bond donors (Lipinski definition) is 1. The summed E-state index contributed by atoms with van der Waals surface area (Å²) in [6.07, 6.45) is 4.99. The number of nitrogens with zero attached hydrogens (tertiary/aromatic N) is 2. The van der Waals surface area contributed by atoms with Crippen LogP contribution in [0.2, 0.25) is 0 Å². The Morgan fingerprint density at radius 3 is 3.00 bits per heavy atom. The van der Waals surface area contributed by atoms with Crippen molar-refractivity contribution in [2.24, 2.45) is 5.92 Å². The monoisotopic (exact) mass is 365 g/mol. The van der Waals surface area contributed by atoms with Crippen LogP contribution >= 0.6 is 11.3 Å². The van der Waals surface area contributed by atoms with E-state index in [2.05, 4.69) is 15.2 Å². The third kappa shape index (κ3) is 2.94. The van der Waals surface area contributed by atoms with Crippen LogP contribution in [-0.2, 0) is 9.84 Å². The second-order valence-electron chi connectivity index (χ2n) is 6.76. The summed E-state index contributed by atoms with van der Waals surface area (Å²) < 4.78 is 24.5. The van der Waals surface area contributed by atoms with Gasteiger partial charge in [-0.05, 0) is 31.4 Å². The predicted octanol–water partition coefficient (Wildman–Crippen LogP) is 1.52. The normalized spacial score (nSPS) is 26.6. The lowest BCUT2D eigenvalue weighted by Crippen LogP contribution is -2.47. The van der Waals surface area contributed by atoms with E-state index >= 15 is 0 Å². The van der Waals surface area contributed by atoms with Crippen LogP contribution in [0.15, 0.2) is 22.5 Å². The molecule has 1 amide bonds. The van der Waals surface area contributed by atoms with E-state index in [9.17, 15) is 13.2 Å². The van der Waals surface area contributed by atoms with Crippen LogP contribution in [0, 0.1) is 5.92 Å². The number of aromatic nitrogens is 1. The molecule has 4 rings (SSSR count). The highest BCUT2D eigenvalue weighted by molar-refractivity contribution is 7.91. The van der Waals surface area contributed by atoms with Crippen LogP contribution in [0.25, 0.3) is 10.1 Å². The third-order valence-corrected chi connectivity index (χ3v) is 7.08.